The van der Waals surface area contributed by atoms with Gasteiger partial charge in [0.1, 0.15) is 12.4 Å². The molecule has 4 N–H and O–H groups in total. The molecular formula is C9H11ClN2O3. The normalized spacial score (nSPS) is 11.5. The van der Waals surface area contributed by atoms with Crippen molar-refractivity contribution in [1.82, 2.24) is 0 Å². The number of aliphatic hydroxyl groups is 1. The summed E-state index contributed by atoms with van der Waals surface area (Å²) in [5.41, 5.74) is 5.86. The van der Waals surface area contributed by atoms with Crippen molar-refractivity contribution in [2.75, 3.05) is 13.2 Å². The number of nitrogens with zero attached hydrogens (tertiary/aromatic N) is 1. The molecule has 82 valence electrons. The first-order valence-corrected chi connectivity index (χ1v) is 4.58. The molecule has 0 unspecified atom stereocenters. The molecule has 0 aliphatic carbocycles. The van der Waals surface area contributed by atoms with Crippen LogP contribution in [0, 0.1) is 0 Å². The average molecular weight is 231 g/mol. The lowest BCUT2D eigenvalue weighted by atomic mass is 10.2. The second kappa shape index (κ2) is 5.43. The molecule has 0 aliphatic heterocycles. The number of nitrogens with two attached hydrogens (primary N) is 1. The summed E-state index contributed by atoms with van der Waals surface area (Å²) in [6.07, 6.45) is 0. The molecule has 0 heterocycles. The summed E-state index contributed by atoms with van der Waals surface area (Å²) < 4.78 is 5.18. The first-order valence-electron chi connectivity index (χ1n) is 4.20. The molecule has 1 aromatic rings. The Morgan fingerprint density at radius 2 is 2.27 bits per heavy atom. The monoisotopic (exact) mass is 230 g/mol. The van der Waals surface area contributed by atoms with Gasteiger partial charge in [-0.15, -0.1) is 0 Å². The maximum absolute atomic E-state index is 8.61. The van der Waals surface area contributed by atoms with Gasteiger partial charge in [0.2, 0.25) is 0 Å². The molecule has 0 saturated carbocycles. The summed E-state index contributed by atoms with van der Waals surface area (Å²) >= 11 is 5.76. The van der Waals surface area contributed by atoms with Gasteiger partial charge in [-0.3, -0.25) is 0 Å². The molecule has 0 aliphatic rings. The van der Waals surface area contributed by atoms with E-state index in [-0.39, 0.29) is 19.0 Å². The number of oxime groups is 1. The van der Waals surface area contributed by atoms with Crippen molar-refractivity contribution < 1.29 is 15.1 Å². The molecule has 0 spiro atoms. The zero-order valence-electron chi connectivity index (χ0n) is 7.85. The van der Waals surface area contributed by atoms with E-state index in [1.807, 2.05) is 0 Å². The third-order valence-electron chi connectivity index (χ3n) is 1.68. The summed E-state index contributed by atoms with van der Waals surface area (Å²) in [5, 5.41) is 20.5. The lowest BCUT2D eigenvalue weighted by molar-refractivity contribution is 0.201. The zero-order valence-corrected chi connectivity index (χ0v) is 8.61. The fourth-order valence-corrected chi connectivity index (χ4v) is 1.20. The molecule has 0 amide bonds. The SMILES string of the molecule is NC(=NO)c1ccc(Cl)cc1OCCO. The van der Waals surface area contributed by atoms with Gasteiger partial charge < -0.3 is 20.8 Å². The van der Waals surface area contributed by atoms with Crippen LogP contribution in [0.4, 0.5) is 0 Å². The molecule has 0 saturated heterocycles. The maximum Gasteiger partial charge on any atom is 0.173 e. The smallest absolute Gasteiger partial charge is 0.173 e. The standard InChI is InChI=1S/C9H11ClN2O3/c10-6-1-2-7(9(11)12-14)8(5-6)15-4-3-13/h1-2,5,13-14H,3-4H2,(H2,11,12). The van der Waals surface area contributed by atoms with Crippen LogP contribution in [-0.4, -0.2) is 29.4 Å². The Morgan fingerprint density at radius 3 is 2.87 bits per heavy atom. The largest absolute Gasteiger partial charge is 0.490 e. The van der Waals surface area contributed by atoms with E-state index in [2.05, 4.69) is 5.16 Å². The summed E-state index contributed by atoms with van der Waals surface area (Å²) in [5.74, 6) is 0.298. The Hall–Kier alpha value is -1.46. The van der Waals surface area contributed by atoms with Crippen LogP contribution >= 0.6 is 11.6 Å². The first-order chi connectivity index (χ1) is 7.19. The van der Waals surface area contributed by atoms with E-state index < -0.39 is 0 Å². The minimum atomic E-state index is -0.123. The van der Waals surface area contributed by atoms with E-state index in [0.29, 0.717) is 16.3 Å². The van der Waals surface area contributed by atoms with Crippen molar-refractivity contribution >= 4 is 17.4 Å². The Labute approximate surface area is 91.7 Å². The van der Waals surface area contributed by atoms with Crippen LogP contribution < -0.4 is 10.5 Å². The van der Waals surface area contributed by atoms with Gasteiger partial charge in [-0.1, -0.05) is 16.8 Å². The number of hydrogen-bond acceptors (Lipinski definition) is 4. The number of rotatable bonds is 4. The third-order valence-corrected chi connectivity index (χ3v) is 1.91. The maximum atomic E-state index is 8.61. The highest BCUT2D eigenvalue weighted by molar-refractivity contribution is 6.30. The molecule has 6 heteroatoms. The van der Waals surface area contributed by atoms with E-state index in [0.717, 1.165) is 0 Å². The van der Waals surface area contributed by atoms with Crippen LogP contribution in [0.1, 0.15) is 5.56 Å². The van der Waals surface area contributed by atoms with Crippen LogP contribution in [0.3, 0.4) is 0 Å². The zero-order chi connectivity index (χ0) is 11.3. The van der Waals surface area contributed by atoms with E-state index in [1.165, 1.54) is 6.07 Å². The first kappa shape index (κ1) is 11.6. The molecule has 0 aromatic heterocycles. The van der Waals surface area contributed by atoms with Crippen molar-refractivity contribution in [3.8, 4) is 5.75 Å². The number of amidine groups is 1. The summed E-state index contributed by atoms with van der Waals surface area (Å²) in [6.45, 7) is -0.00578. The predicted octanol–water partition coefficient (Wildman–Crippen LogP) is 0.806. The van der Waals surface area contributed by atoms with Crippen LogP contribution in [-0.2, 0) is 0 Å². The fraction of sp³-hybridized carbons (Fsp3) is 0.222. The lowest BCUT2D eigenvalue weighted by Crippen LogP contribution is -2.15. The Bertz CT molecular complexity index is 368. The molecule has 0 atom stereocenters. The van der Waals surface area contributed by atoms with Gasteiger partial charge in [-0.05, 0) is 18.2 Å². The number of aliphatic hydroxyl groups excluding tert-OH is 1. The second-order valence-electron chi connectivity index (χ2n) is 2.70. The molecule has 15 heavy (non-hydrogen) atoms. The van der Waals surface area contributed by atoms with Gasteiger partial charge in [0, 0.05) is 5.02 Å². The van der Waals surface area contributed by atoms with Gasteiger partial charge in [0.15, 0.2) is 5.84 Å². The lowest BCUT2D eigenvalue weighted by Gasteiger charge is -2.09. The van der Waals surface area contributed by atoms with Gasteiger partial charge >= 0.3 is 0 Å². The van der Waals surface area contributed by atoms with E-state index in [4.69, 9.17) is 32.4 Å². The van der Waals surface area contributed by atoms with Crippen LogP contribution in [0.2, 0.25) is 5.02 Å². The number of halogens is 1. The number of ether oxygens (including phenoxy) is 1. The second-order valence-corrected chi connectivity index (χ2v) is 3.13. The van der Waals surface area contributed by atoms with E-state index >= 15 is 0 Å². The summed E-state index contributed by atoms with van der Waals surface area (Å²) in [7, 11) is 0. The highest BCUT2D eigenvalue weighted by atomic mass is 35.5. The van der Waals surface area contributed by atoms with Crippen molar-refractivity contribution in [3.05, 3.63) is 28.8 Å². The average Bonchev–Trinajstić information content (AvgIpc) is 2.25. The van der Waals surface area contributed by atoms with Crippen molar-refractivity contribution in [3.63, 3.8) is 0 Å². The molecule has 1 rings (SSSR count). The minimum Gasteiger partial charge on any atom is -0.490 e. The van der Waals surface area contributed by atoms with Gasteiger partial charge in [0.25, 0.3) is 0 Å². The van der Waals surface area contributed by atoms with Crippen molar-refractivity contribution in [1.29, 1.82) is 0 Å². The Balaban J connectivity index is 3.03. The topological polar surface area (TPSA) is 88.1 Å². The Kier molecular flexibility index (Phi) is 4.20. The van der Waals surface area contributed by atoms with Crippen LogP contribution in [0.15, 0.2) is 23.4 Å². The summed E-state index contributed by atoms with van der Waals surface area (Å²) in [4.78, 5) is 0. The number of benzene rings is 1. The van der Waals surface area contributed by atoms with Gasteiger partial charge in [0.05, 0.1) is 12.2 Å². The molecule has 5 nitrogen and oxygen atoms in total. The fourth-order valence-electron chi connectivity index (χ4n) is 1.04. The molecule has 0 radical (unpaired) electrons. The quantitative estimate of drug-likeness (QED) is 0.309. The predicted molar refractivity (Wildman–Crippen MR) is 56.5 cm³/mol. The highest BCUT2D eigenvalue weighted by Gasteiger charge is 2.08. The van der Waals surface area contributed by atoms with Crippen LogP contribution in [0.5, 0.6) is 5.75 Å². The van der Waals surface area contributed by atoms with Gasteiger partial charge in [-0.2, -0.15) is 0 Å². The van der Waals surface area contributed by atoms with Crippen molar-refractivity contribution in [2.45, 2.75) is 0 Å². The molecule has 0 bridgehead atoms. The third kappa shape index (κ3) is 3.00. The van der Waals surface area contributed by atoms with Crippen LogP contribution in [0.25, 0.3) is 0 Å². The van der Waals surface area contributed by atoms with E-state index in [9.17, 15) is 0 Å². The Morgan fingerprint density at radius 1 is 1.53 bits per heavy atom. The molecule has 0 fully saturated rings. The minimum absolute atomic E-state index is 0.0698. The summed E-state index contributed by atoms with van der Waals surface area (Å²) in [6, 6.07) is 4.70. The molecule has 1 aromatic carbocycles. The highest BCUT2D eigenvalue weighted by Crippen LogP contribution is 2.23. The van der Waals surface area contributed by atoms with Gasteiger partial charge in [-0.25, -0.2) is 0 Å². The molecular weight excluding hydrogens is 220 g/mol. The van der Waals surface area contributed by atoms with E-state index in [1.54, 1.807) is 12.1 Å². The number of hydrogen-bond donors (Lipinski definition) is 3. The van der Waals surface area contributed by atoms with Crippen molar-refractivity contribution in [2.24, 2.45) is 10.9 Å².